The van der Waals surface area contributed by atoms with Crippen molar-refractivity contribution < 1.29 is 48.1 Å². The van der Waals surface area contributed by atoms with E-state index in [1.54, 1.807) is 46.4 Å². The highest BCUT2D eigenvalue weighted by atomic mass is 16.6. The second-order valence-corrected chi connectivity index (χ2v) is 20.9. The van der Waals surface area contributed by atoms with Crippen LogP contribution in [0.3, 0.4) is 0 Å². The standard InChI is InChI=1S/C26H38N2O5.C19H32N2O5/c1-25(2,3)21(27-24(31)33-26(4,5)6)22(29)28-15-18-13-10-14-19(18)20(28)23(30)32-16-17-11-8-7-9-12-17;1-18(2,3)14(20-17(25)26-19(4,5)6)15(22)21-10-11-8-7-9-12(11)13(21)16(23)24/h7-9,11-12,18-21H,10,13-16H2,1-6H3,(H,27,31);11-14H,7-10H2,1-6H3,(H,20,25)(H,23,24)/t18-,19-,20-,21+;11-,12-,13-,14+/m00/s1. The lowest BCUT2D eigenvalue weighted by Gasteiger charge is -2.36. The van der Waals surface area contributed by atoms with E-state index in [-0.39, 0.29) is 48.1 Å². The Morgan fingerprint density at radius 2 is 1.05 bits per heavy atom. The van der Waals surface area contributed by atoms with Crippen LogP contribution in [0.25, 0.3) is 0 Å². The summed E-state index contributed by atoms with van der Waals surface area (Å²) in [4.78, 5) is 79.9. The summed E-state index contributed by atoms with van der Waals surface area (Å²) < 4.78 is 16.4. The maximum absolute atomic E-state index is 13.8. The Morgan fingerprint density at radius 3 is 1.44 bits per heavy atom. The molecule has 1 aromatic carbocycles. The van der Waals surface area contributed by atoms with Crippen molar-refractivity contribution >= 4 is 35.9 Å². The Bertz CT molecular complexity index is 1670. The van der Waals surface area contributed by atoms with Crippen LogP contribution in [0.1, 0.15) is 127 Å². The van der Waals surface area contributed by atoms with Crippen molar-refractivity contribution in [2.24, 2.45) is 34.5 Å². The molecule has 14 nitrogen and oxygen atoms in total. The highest BCUT2D eigenvalue weighted by Gasteiger charge is 2.54. The number of likely N-dealkylation sites (tertiary alicyclic amines) is 2. The summed E-state index contributed by atoms with van der Waals surface area (Å²) in [6.07, 6.45) is 4.45. The van der Waals surface area contributed by atoms with Crippen LogP contribution in [0.5, 0.6) is 0 Å². The minimum Gasteiger partial charge on any atom is -0.480 e. The lowest BCUT2D eigenvalue weighted by atomic mass is 9.85. The number of nitrogens with zero attached hydrogens (tertiary/aromatic N) is 2. The summed E-state index contributed by atoms with van der Waals surface area (Å²) >= 11 is 0. The van der Waals surface area contributed by atoms with Crippen molar-refractivity contribution in [1.82, 2.24) is 20.4 Å². The molecule has 0 bridgehead atoms. The number of amides is 4. The highest BCUT2D eigenvalue weighted by molar-refractivity contribution is 5.92. The number of esters is 1. The topological polar surface area (TPSA) is 181 Å². The number of aliphatic carboxylic acids is 1. The van der Waals surface area contributed by atoms with Crippen LogP contribution in [0.4, 0.5) is 9.59 Å². The summed E-state index contributed by atoms with van der Waals surface area (Å²) in [5.74, 6) is -1.30. The highest BCUT2D eigenvalue weighted by Crippen LogP contribution is 2.44. The number of carboxylic acid groups (broad SMARTS) is 1. The molecule has 1 aromatic rings. The number of alkyl carbamates (subject to hydrolysis) is 2. The zero-order valence-corrected chi connectivity index (χ0v) is 37.4. The van der Waals surface area contributed by atoms with Crippen LogP contribution < -0.4 is 10.6 Å². The summed E-state index contributed by atoms with van der Waals surface area (Å²) in [7, 11) is 0. The first kappa shape index (κ1) is 47.3. The number of ether oxygens (including phenoxy) is 3. The second kappa shape index (κ2) is 18.5. The number of fused-ring (bicyclic) bond motifs is 2. The van der Waals surface area contributed by atoms with Crippen molar-refractivity contribution in [2.75, 3.05) is 13.1 Å². The average molecular weight is 827 g/mol. The molecule has 0 radical (unpaired) electrons. The molecular weight excluding hydrogens is 757 g/mol. The molecule has 4 amide bonds. The number of carboxylic acids is 1. The minimum atomic E-state index is -0.960. The van der Waals surface area contributed by atoms with Crippen LogP contribution in [0.15, 0.2) is 30.3 Å². The predicted molar refractivity (Wildman–Crippen MR) is 222 cm³/mol. The fraction of sp³-hybridized carbons (Fsp3) is 0.733. The number of hydrogen-bond donors (Lipinski definition) is 3. The van der Waals surface area contributed by atoms with Crippen LogP contribution >= 0.6 is 0 Å². The Hall–Kier alpha value is -4.36. The molecule has 330 valence electrons. The molecule has 0 aromatic heterocycles. The van der Waals surface area contributed by atoms with Gasteiger partial charge in [0.25, 0.3) is 0 Å². The van der Waals surface area contributed by atoms with Crippen LogP contribution in [0, 0.1) is 34.5 Å². The lowest BCUT2D eigenvalue weighted by Crippen LogP contribution is -2.58. The van der Waals surface area contributed by atoms with Gasteiger partial charge in [-0.2, -0.15) is 0 Å². The number of nitrogens with one attached hydrogen (secondary N) is 2. The van der Waals surface area contributed by atoms with Crippen molar-refractivity contribution in [3.8, 4) is 0 Å². The molecule has 2 heterocycles. The summed E-state index contributed by atoms with van der Waals surface area (Å²) in [6.45, 7) is 23.0. The molecule has 0 spiro atoms. The fourth-order valence-corrected chi connectivity index (χ4v) is 8.98. The normalized spacial score (nSPS) is 25.1. The smallest absolute Gasteiger partial charge is 0.408 e. The first-order chi connectivity index (χ1) is 27.2. The van der Waals surface area contributed by atoms with Gasteiger partial charge in [0, 0.05) is 13.1 Å². The van der Waals surface area contributed by atoms with Gasteiger partial charge < -0.3 is 39.8 Å². The lowest BCUT2D eigenvalue weighted by molar-refractivity contribution is -0.157. The zero-order chi connectivity index (χ0) is 44.2. The molecule has 2 saturated carbocycles. The monoisotopic (exact) mass is 827 g/mol. The van der Waals surface area contributed by atoms with E-state index in [4.69, 9.17) is 14.2 Å². The molecule has 2 aliphatic heterocycles. The van der Waals surface area contributed by atoms with Gasteiger partial charge in [-0.05, 0) is 107 Å². The fourth-order valence-electron chi connectivity index (χ4n) is 8.98. The Kier molecular flexibility index (Phi) is 14.8. The molecule has 2 aliphatic carbocycles. The minimum absolute atomic E-state index is 0.0126. The maximum Gasteiger partial charge on any atom is 0.408 e. The van der Waals surface area contributed by atoms with Crippen molar-refractivity contribution in [3.05, 3.63) is 35.9 Å². The van der Waals surface area contributed by atoms with Gasteiger partial charge in [-0.15, -0.1) is 0 Å². The summed E-state index contributed by atoms with van der Waals surface area (Å²) in [6, 6.07) is 6.42. The van der Waals surface area contributed by atoms with Gasteiger partial charge in [-0.25, -0.2) is 19.2 Å². The Labute approximate surface area is 350 Å². The molecule has 4 fully saturated rings. The van der Waals surface area contributed by atoms with E-state index in [1.165, 1.54) is 4.90 Å². The first-order valence-corrected chi connectivity index (χ1v) is 21.2. The van der Waals surface area contributed by atoms with Crippen LogP contribution in [0.2, 0.25) is 0 Å². The third-order valence-corrected chi connectivity index (χ3v) is 11.6. The molecular formula is C45H70N4O10. The molecule has 8 atom stereocenters. The van der Waals surface area contributed by atoms with E-state index in [0.717, 1.165) is 44.1 Å². The number of carbonyl (C=O) groups is 6. The number of hydrogen-bond acceptors (Lipinski definition) is 9. The van der Waals surface area contributed by atoms with Gasteiger partial charge in [0.1, 0.15) is 42.0 Å². The molecule has 5 rings (SSSR count). The Morgan fingerprint density at radius 1 is 0.644 bits per heavy atom. The van der Waals surface area contributed by atoms with E-state index in [1.807, 2.05) is 71.9 Å². The van der Waals surface area contributed by atoms with Gasteiger partial charge in [-0.1, -0.05) is 84.7 Å². The molecule has 3 N–H and O–H groups in total. The molecule has 59 heavy (non-hydrogen) atoms. The van der Waals surface area contributed by atoms with Gasteiger partial charge in [0.15, 0.2) is 0 Å². The number of rotatable bonds is 8. The SMILES string of the molecule is CC(C)(C)OC(=O)N[C@H](C(=O)N1C[C@@H]2CCC[C@@H]2[C@H]1C(=O)O)C(C)(C)C.CC(C)(C)OC(=O)N[C@H](C(=O)N1C[C@@H]2CCC[C@@H]2[C@H]1C(=O)OCc1ccccc1)C(C)(C)C. The summed E-state index contributed by atoms with van der Waals surface area (Å²) in [5.41, 5.74) is -1.59. The van der Waals surface area contributed by atoms with Crippen molar-refractivity contribution in [1.29, 1.82) is 0 Å². The largest absolute Gasteiger partial charge is 0.480 e. The molecule has 2 saturated heterocycles. The van der Waals surface area contributed by atoms with Gasteiger partial charge in [0.05, 0.1) is 0 Å². The van der Waals surface area contributed by atoms with E-state index < -0.39 is 64.4 Å². The number of benzene rings is 1. The second-order valence-electron chi connectivity index (χ2n) is 20.9. The maximum atomic E-state index is 13.8. The van der Waals surface area contributed by atoms with E-state index in [9.17, 15) is 33.9 Å². The van der Waals surface area contributed by atoms with E-state index in [2.05, 4.69) is 10.6 Å². The first-order valence-electron chi connectivity index (χ1n) is 21.2. The van der Waals surface area contributed by atoms with Gasteiger partial charge in [0.2, 0.25) is 11.8 Å². The van der Waals surface area contributed by atoms with Gasteiger partial charge >= 0.3 is 24.1 Å². The third kappa shape index (κ3) is 12.6. The number of carbonyl (C=O) groups excluding carboxylic acids is 5. The molecule has 14 heteroatoms. The third-order valence-electron chi connectivity index (χ3n) is 11.6. The van der Waals surface area contributed by atoms with Gasteiger partial charge in [-0.3, -0.25) is 9.59 Å². The van der Waals surface area contributed by atoms with E-state index >= 15 is 0 Å². The van der Waals surface area contributed by atoms with Crippen molar-refractivity contribution in [2.45, 2.75) is 164 Å². The van der Waals surface area contributed by atoms with E-state index in [0.29, 0.717) is 13.1 Å². The Balaban J connectivity index is 0.000000268. The van der Waals surface area contributed by atoms with Crippen molar-refractivity contribution in [3.63, 3.8) is 0 Å². The zero-order valence-electron chi connectivity index (χ0n) is 37.4. The average Bonchev–Trinajstić information content (AvgIpc) is 3.88. The molecule has 0 unspecified atom stereocenters. The quantitative estimate of drug-likeness (QED) is 0.184. The van der Waals surface area contributed by atoms with Crippen LogP contribution in [-0.4, -0.2) is 99.3 Å². The molecule has 4 aliphatic rings. The predicted octanol–water partition coefficient (Wildman–Crippen LogP) is 6.93. The van der Waals surface area contributed by atoms with Crippen LogP contribution in [-0.2, 0) is 40.0 Å². The summed E-state index contributed by atoms with van der Waals surface area (Å²) in [5, 5.41) is 15.1.